The molecule has 0 fully saturated rings. The molecule has 0 saturated carbocycles. The van der Waals surface area contributed by atoms with Crippen molar-refractivity contribution in [2.75, 3.05) is 0 Å². The smallest absolute Gasteiger partial charge is 0.243 e. The third kappa shape index (κ3) is 3.92. The first kappa shape index (κ1) is 14.3. The third-order valence-electron chi connectivity index (χ3n) is 2.42. The fourth-order valence-corrected chi connectivity index (χ4v) is 2.87. The van der Waals surface area contributed by atoms with Crippen LogP contribution in [0.5, 0.6) is 0 Å². The second-order valence-electron chi connectivity index (χ2n) is 3.90. The highest BCUT2D eigenvalue weighted by molar-refractivity contribution is 9.10. The second-order valence-corrected chi connectivity index (χ2v) is 5.77. The summed E-state index contributed by atoms with van der Waals surface area (Å²) < 4.78 is 6.20. The maximum atomic E-state index is 5.87. The first-order valence-electron chi connectivity index (χ1n) is 5.77. The number of nitrogens with two attached hydrogens (primary N) is 1. The maximum absolute atomic E-state index is 5.87. The maximum Gasteiger partial charge on any atom is 0.243 e. The van der Waals surface area contributed by atoms with Crippen molar-refractivity contribution in [1.29, 1.82) is 0 Å². The molecule has 0 bridgehead atoms. The fourth-order valence-electron chi connectivity index (χ4n) is 1.46. The van der Waals surface area contributed by atoms with Crippen LogP contribution in [0.2, 0.25) is 0 Å². The number of aromatic nitrogens is 2. The minimum atomic E-state index is -0.271. The van der Waals surface area contributed by atoms with Crippen molar-refractivity contribution in [3.05, 3.63) is 53.1 Å². The zero-order valence-corrected chi connectivity index (χ0v) is 12.7. The molecule has 19 heavy (non-hydrogen) atoms. The average molecular weight is 340 g/mol. The van der Waals surface area contributed by atoms with Crippen molar-refractivity contribution in [2.45, 2.75) is 23.1 Å². The van der Waals surface area contributed by atoms with E-state index in [1.165, 1.54) is 0 Å². The van der Waals surface area contributed by atoms with Gasteiger partial charge in [0, 0.05) is 9.37 Å². The number of hydrogen-bond acceptors (Lipinski definition) is 5. The lowest BCUT2D eigenvalue weighted by molar-refractivity contribution is 0.352. The highest BCUT2D eigenvalue weighted by Crippen LogP contribution is 2.29. The van der Waals surface area contributed by atoms with Gasteiger partial charge in [0.25, 0.3) is 0 Å². The largest absolute Gasteiger partial charge is 0.338 e. The first-order chi connectivity index (χ1) is 9.20. The Hall–Kier alpha value is -1.11. The molecule has 2 rings (SSSR count). The molecule has 2 N–H and O–H groups in total. The Morgan fingerprint density at radius 2 is 2.26 bits per heavy atom. The second kappa shape index (κ2) is 6.88. The lowest BCUT2D eigenvalue weighted by Crippen LogP contribution is -2.09. The molecule has 1 aromatic carbocycles. The van der Waals surface area contributed by atoms with E-state index >= 15 is 0 Å². The van der Waals surface area contributed by atoms with Crippen LogP contribution in [0.1, 0.15) is 24.2 Å². The Morgan fingerprint density at radius 1 is 1.47 bits per heavy atom. The van der Waals surface area contributed by atoms with Crippen molar-refractivity contribution in [1.82, 2.24) is 10.1 Å². The molecule has 4 nitrogen and oxygen atoms in total. The first-order valence-corrected chi connectivity index (χ1v) is 7.55. The van der Waals surface area contributed by atoms with Crippen LogP contribution in [0, 0.1) is 0 Å². The number of halogens is 1. The average Bonchev–Trinajstić information content (AvgIpc) is 2.87. The summed E-state index contributed by atoms with van der Waals surface area (Å²) in [6.07, 6.45) is 2.36. The number of rotatable bonds is 6. The molecule has 1 aromatic heterocycles. The summed E-state index contributed by atoms with van der Waals surface area (Å²) in [4.78, 5) is 5.43. The quantitative estimate of drug-likeness (QED) is 0.642. The van der Waals surface area contributed by atoms with Gasteiger partial charge in [-0.2, -0.15) is 4.98 Å². The summed E-state index contributed by atoms with van der Waals surface area (Å²) in [7, 11) is 0. The van der Waals surface area contributed by atoms with Gasteiger partial charge < -0.3 is 10.3 Å². The number of thioether (sulfide) groups is 1. The third-order valence-corrected chi connectivity index (χ3v) is 4.44. The van der Waals surface area contributed by atoms with Gasteiger partial charge in [-0.05, 0) is 34.5 Å². The van der Waals surface area contributed by atoms with Crippen LogP contribution in [-0.2, 0) is 5.75 Å². The molecule has 0 aliphatic rings. The monoisotopic (exact) mass is 339 g/mol. The van der Waals surface area contributed by atoms with E-state index in [2.05, 4.69) is 32.6 Å². The summed E-state index contributed by atoms with van der Waals surface area (Å²) in [5.74, 6) is 1.75. The fraction of sp³-hybridized carbons (Fsp3) is 0.231. The minimum absolute atomic E-state index is 0.271. The summed E-state index contributed by atoms with van der Waals surface area (Å²) in [5, 5.41) is 3.93. The lowest BCUT2D eigenvalue weighted by atomic mass is 10.2. The van der Waals surface area contributed by atoms with Gasteiger partial charge in [0.2, 0.25) is 5.89 Å². The molecule has 6 heteroatoms. The van der Waals surface area contributed by atoms with Crippen LogP contribution in [0.3, 0.4) is 0 Å². The highest BCUT2D eigenvalue weighted by Gasteiger charge is 2.13. The van der Waals surface area contributed by atoms with E-state index in [0.717, 1.165) is 9.37 Å². The Morgan fingerprint density at radius 3 is 3.00 bits per heavy atom. The van der Waals surface area contributed by atoms with Crippen LogP contribution < -0.4 is 5.73 Å². The molecule has 0 amide bonds. The van der Waals surface area contributed by atoms with Crippen molar-refractivity contribution < 1.29 is 4.52 Å². The number of nitrogens with zero attached hydrogens (tertiary/aromatic N) is 2. The van der Waals surface area contributed by atoms with Gasteiger partial charge in [-0.1, -0.05) is 23.4 Å². The minimum Gasteiger partial charge on any atom is -0.338 e. The Balaban J connectivity index is 1.97. The number of benzene rings is 1. The molecule has 2 aromatic rings. The van der Waals surface area contributed by atoms with E-state index in [0.29, 0.717) is 23.9 Å². The molecular formula is C13H14BrN3OS. The van der Waals surface area contributed by atoms with Crippen LogP contribution >= 0.6 is 27.7 Å². The van der Waals surface area contributed by atoms with Crippen LogP contribution in [-0.4, -0.2) is 10.1 Å². The Bertz CT molecular complexity index is 558. The zero-order chi connectivity index (χ0) is 13.7. The predicted octanol–water partition coefficient (Wildman–Crippen LogP) is 3.70. The van der Waals surface area contributed by atoms with E-state index in [-0.39, 0.29) is 6.04 Å². The predicted molar refractivity (Wildman–Crippen MR) is 79.7 cm³/mol. The molecule has 0 spiro atoms. The normalized spacial score (nSPS) is 12.3. The summed E-state index contributed by atoms with van der Waals surface area (Å²) in [6, 6.07) is 7.75. The highest BCUT2D eigenvalue weighted by atomic mass is 79.9. The summed E-state index contributed by atoms with van der Waals surface area (Å²) in [6.45, 7) is 3.64. The molecule has 1 heterocycles. The Kier molecular flexibility index (Phi) is 5.18. The molecule has 0 aliphatic carbocycles. The topological polar surface area (TPSA) is 64.9 Å². The molecule has 1 atom stereocenters. The van der Waals surface area contributed by atoms with E-state index < -0.39 is 0 Å². The van der Waals surface area contributed by atoms with Gasteiger partial charge in [0.05, 0.1) is 11.8 Å². The van der Waals surface area contributed by atoms with Gasteiger partial charge in [-0.15, -0.1) is 18.3 Å². The number of hydrogen-bond donors (Lipinski definition) is 1. The van der Waals surface area contributed by atoms with Crippen LogP contribution in [0.15, 0.2) is 50.8 Å². The van der Waals surface area contributed by atoms with Gasteiger partial charge in [0.1, 0.15) is 0 Å². The van der Waals surface area contributed by atoms with Gasteiger partial charge in [-0.25, -0.2) is 0 Å². The van der Waals surface area contributed by atoms with Gasteiger partial charge in [-0.3, -0.25) is 0 Å². The Labute approximate surface area is 124 Å². The molecule has 0 saturated heterocycles. The standard InChI is InChI=1S/C13H14BrN3OS/c1-2-5-10(15)13-16-12(17-18-13)8-19-11-7-4-3-6-9(11)14/h2-4,6-7,10H,1,5,8,15H2. The molecular weight excluding hydrogens is 326 g/mol. The van der Waals surface area contributed by atoms with Crippen molar-refractivity contribution in [3.63, 3.8) is 0 Å². The van der Waals surface area contributed by atoms with Gasteiger partial charge in [0.15, 0.2) is 5.82 Å². The SMILES string of the molecule is C=CCC(N)c1nc(CSc2ccccc2Br)no1. The van der Waals surface area contributed by atoms with E-state index in [1.54, 1.807) is 17.8 Å². The van der Waals surface area contributed by atoms with E-state index in [4.69, 9.17) is 10.3 Å². The van der Waals surface area contributed by atoms with Crippen molar-refractivity contribution in [2.24, 2.45) is 5.73 Å². The van der Waals surface area contributed by atoms with E-state index in [9.17, 15) is 0 Å². The van der Waals surface area contributed by atoms with Crippen molar-refractivity contribution in [3.8, 4) is 0 Å². The summed E-state index contributed by atoms with van der Waals surface area (Å²) in [5.41, 5.74) is 5.87. The van der Waals surface area contributed by atoms with E-state index in [1.807, 2.05) is 24.3 Å². The van der Waals surface area contributed by atoms with Crippen LogP contribution in [0.4, 0.5) is 0 Å². The lowest BCUT2D eigenvalue weighted by Gasteiger charge is -2.01. The molecule has 1 unspecified atom stereocenters. The zero-order valence-electron chi connectivity index (χ0n) is 10.3. The summed E-state index contributed by atoms with van der Waals surface area (Å²) >= 11 is 5.15. The van der Waals surface area contributed by atoms with Crippen LogP contribution in [0.25, 0.3) is 0 Å². The van der Waals surface area contributed by atoms with Crippen molar-refractivity contribution >= 4 is 27.7 Å². The molecule has 100 valence electrons. The van der Waals surface area contributed by atoms with Gasteiger partial charge >= 0.3 is 0 Å². The molecule has 0 radical (unpaired) electrons. The molecule has 0 aliphatic heterocycles.